The molecule has 0 aliphatic heterocycles. The number of benzene rings is 2. The number of carbonyl (C=O) groups is 2. The molecular weight excluding hydrogens is 398 g/mol. The predicted octanol–water partition coefficient (Wildman–Crippen LogP) is 2.32. The fourth-order valence-electron chi connectivity index (χ4n) is 2.43. The number of rotatable bonds is 5. The molecule has 0 unspecified atom stereocenters. The Bertz CT molecular complexity index is 1200. The lowest BCUT2D eigenvalue weighted by Crippen LogP contribution is -2.13. The number of nitrogens with zero attached hydrogens (tertiary/aromatic N) is 5. The smallest absolute Gasteiger partial charge is 0.316 e. The lowest BCUT2D eigenvalue weighted by atomic mass is 10.2. The summed E-state index contributed by atoms with van der Waals surface area (Å²) in [6.45, 7) is 0. The molecule has 10 nitrogen and oxygen atoms in total. The summed E-state index contributed by atoms with van der Waals surface area (Å²) >= 11 is 5.98. The molecule has 11 heteroatoms. The molecule has 3 N–H and O–H groups in total. The molecule has 4 rings (SSSR count). The molecule has 0 radical (unpaired) electrons. The van der Waals surface area contributed by atoms with E-state index in [0.29, 0.717) is 27.7 Å². The molecular formula is C18H12ClN7O3. The zero-order chi connectivity index (χ0) is 20.4. The maximum atomic E-state index is 12.3. The molecule has 29 heavy (non-hydrogen) atoms. The number of amides is 2. The average Bonchev–Trinajstić information content (AvgIpc) is 3.38. The predicted molar refractivity (Wildman–Crippen MR) is 103 cm³/mol. The van der Waals surface area contributed by atoms with E-state index in [2.05, 4.69) is 25.8 Å². The zero-order valence-corrected chi connectivity index (χ0v) is 15.4. The molecule has 2 heterocycles. The SMILES string of the molecule is NC(=O)c1ccc(NC(=O)c2nc(-c3cn(-c4cccc(Cl)c4)nn3)no2)cc1. The van der Waals surface area contributed by atoms with Crippen LogP contribution in [0.5, 0.6) is 0 Å². The van der Waals surface area contributed by atoms with E-state index in [1.807, 2.05) is 6.07 Å². The largest absolute Gasteiger partial charge is 0.366 e. The second kappa shape index (κ2) is 7.52. The molecule has 0 aliphatic carbocycles. The Morgan fingerprint density at radius 3 is 2.66 bits per heavy atom. The van der Waals surface area contributed by atoms with Crippen LogP contribution in [0.25, 0.3) is 17.2 Å². The lowest BCUT2D eigenvalue weighted by molar-refractivity contribution is 0.0979. The van der Waals surface area contributed by atoms with Crippen LogP contribution < -0.4 is 11.1 Å². The van der Waals surface area contributed by atoms with Gasteiger partial charge in [0.1, 0.15) is 0 Å². The van der Waals surface area contributed by atoms with E-state index >= 15 is 0 Å². The summed E-state index contributed by atoms with van der Waals surface area (Å²) in [5.41, 5.74) is 6.97. The molecule has 2 aromatic heterocycles. The number of nitrogens with two attached hydrogens (primary N) is 1. The minimum absolute atomic E-state index is 0.104. The molecule has 0 saturated carbocycles. The van der Waals surface area contributed by atoms with Gasteiger partial charge >= 0.3 is 11.8 Å². The first kappa shape index (κ1) is 18.3. The second-order valence-corrected chi connectivity index (χ2v) is 6.28. The Kier molecular flexibility index (Phi) is 4.75. The van der Waals surface area contributed by atoms with E-state index in [9.17, 15) is 9.59 Å². The van der Waals surface area contributed by atoms with Crippen LogP contribution in [0.2, 0.25) is 5.02 Å². The van der Waals surface area contributed by atoms with Crippen molar-refractivity contribution < 1.29 is 14.1 Å². The van der Waals surface area contributed by atoms with E-state index in [4.69, 9.17) is 21.9 Å². The number of carbonyl (C=O) groups excluding carboxylic acids is 2. The van der Waals surface area contributed by atoms with Gasteiger partial charge in [0.25, 0.3) is 0 Å². The molecule has 2 amide bonds. The Balaban J connectivity index is 1.49. The minimum atomic E-state index is -0.613. The van der Waals surface area contributed by atoms with Gasteiger partial charge in [0.2, 0.25) is 11.7 Å². The minimum Gasteiger partial charge on any atom is -0.366 e. The van der Waals surface area contributed by atoms with Crippen molar-refractivity contribution in [2.24, 2.45) is 5.73 Å². The monoisotopic (exact) mass is 409 g/mol. The van der Waals surface area contributed by atoms with Gasteiger partial charge in [-0.25, -0.2) is 4.68 Å². The highest BCUT2D eigenvalue weighted by Crippen LogP contribution is 2.18. The first-order valence-electron chi connectivity index (χ1n) is 8.23. The first-order chi connectivity index (χ1) is 14.0. The van der Waals surface area contributed by atoms with Crippen LogP contribution in [-0.2, 0) is 0 Å². The molecule has 0 aliphatic rings. The van der Waals surface area contributed by atoms with Gasteiger partial charge in [-0.15, -0.1) is 5.10 Å². The first-order valence-corrected chi connectivity index (χ1v) is 8.61. The van der Waals surface area contributed by atoms with Crippen molar-refractivity contribution in [3.63, 3.8) is 0 Å². The summed E-state index contributed by atoms with van der Waals surface area (Å²) in [5, 5.41) is 14.9. The van der Waals surface area contributed by atoms with E-state index in [0.717, 1.165) is 0 Å². The fourth-order valence-corrected chi connectivity index (χ4v) is 2.62. The number of halogens is 1. The Morgan fingerprint density at radius 2 is 1.93 bits per heavy atom. The molecule has 0 bridgehead atoms. The standard InChI is InChI=1S/C18H12ClN7O3/c19-11-2-1-3-13(8-11)26-9-14(23-25-26)16-22-18(29-24-16)17(28)21-12-6-4-10(5-7-12)15(20)27/h1-9H,(H2,20,27)(H,21,28). The molecule has 144 valence electrons. The summed E-state index contributed by atoms with van der Waals surface area (Å²) in [4.78, 5) is 27.4. The fraction of sp³-hybridized carbons (Fsp3) is 0. The molecule has 0 fully saturated rings. The van der Waals surface area contributed by atoms with Crippen LogP contribution in [0.1, 0.15) is 21.0 Å². The van der Waals surface area contributed by atoms with Crippen LogP contribution in [0.4, 0.5) is 5.69 Å². The van der Waals surface area contributed by atoms with Crippen molar-refractivity contribution in [2.45, 2.75) is 0 Å². The summed E-state index contributed by atoms with van der Waals surface area (Å²) in [6.07, 6.45) is 1.58. The molecule has 0 spiro atoms. The Hall–Kier alpha value is -4.05. The Labute approximate surface area is 168 Å². The summed E-state index contributed by atoms with van der Waals surface area (Å²) in [5.74, 6) is -1.32. The van der Waals surface area contributed by atoms with Gasteiger partial charge in [0.15, 0.2) is 5.69 Å². The zero-order valence-electron chi connectivity index (χ0n) is 14.6. The van der Waals surface area contributed by atoms with Crippen LogP contribution in [0, 0.1) is 0 Å². The van der Waals surface area contributed by atoms with Gasteiger partial charge in [-0.05, 0) is 42.5 Å². The van der Waals surface area contributed by atoms with E-state index in [1.165, 1.54) is 28.9 Å². The quantitative estimate of drug-likeness (QED) is 0.515. The van der Waals surface area contributed by atoms with Crippen LogP contribution in [0.3, 0.4) is 0 Å². The molecule has 4 aromatic rings. The van der Waals surface area contributed by atoms with Crippen molar-refractivity contribution in [3.8, 4) is 17.2 Å². The topological polar surface area (TPSA) is 142 Å². The van der Waals surface area contributed by atoms with Crippen molar-refractivity contribution >= 4 is 29.1 Å². The summed E-state index contributed by atoms with van der Waals surface area (Å²) in [6, 6.07) is 13.1. The van der Waals surface area contributed by atoms with Gasteiger partial charge < -0.3 is 15.6 Å². The molecule has 0 saturated heterocycles. The van der Waals surface area contributed by atoms with E-state index < -0.39 is 11.8 Å². The molecule has 0 atom stereocenters. The summed E-state index contributed by atoms with van der Waals surface area (Å²) in [7, 11) is 0. The number of hydrogen-bond donors (Lipinski definition) is 2. The van der Waals surface area contributed by atoms with Crippen molar-refractivity contribution in [1.29, 1.82) is 0 Å². The summed E-state index contributed by atoms with van der Waals surface area (Å²) < 4.78 is 6.50. The lowest BCUT2D eigenvalue weighted by Gasteiger charge is -2.02. The van der Waals surface area contributed by atoms with Crippen molar-refractivity contribution in [3.05, 3.63) is 71.2 Å². The van der Waals surface area contributed by atoms with Crippen LogP contribution in [-0.4, -0.2) is 36.9 Å². The maximum Gasteiger partial charge on any atom is 0.316 e. The van der Waals surface area contributed by atoms with Gasteiger partial charge in [0.05, 0.1) is 11.9 Å². The number of hydrogen-bond acceptors (Lipinski definition) is 7. The van der Waals surface area contributed by atoms with E-state index in [1.54, 1.807) is 24.4 Å². The third-order valence-electron chi connectivity index (χ3n) is 3.84. The highest BCUT2D eigenvalue weighted by atomic mass is 35.5. The average molecular weight is 410 g/mol. The van der Waals surface area contributed by atoms with Gasteiger partial charge in [0, 0.05) is 16.3 Å². The van der Waals surface area contributed by atoms with E-state index in [-0.39, 0.29) is 11.7 Å². The Morgan fingerprint density at radius 1 is 1.14 bits per heavy atom. The van der Waals surface area contributed by atoms with Gasteiger partial charge in [-0.2, -0.15) is 4.98 Å². The highest BCUT2D eigenvalue weighted by Gasteiger charge is 2.18. The van der Waals surface area contributed by atoms with Crippen LogP contribution >= 0.6 is 11.6 Å². The highest BCUT2D eigenvalue weighted by molar-refractivity contribution is 6.30. The molecule has 2 aromatic carbocycles. The van der Waals surface area contributed by atoms with Crippen molar-refractivity contribution in [1.82, 2.24) is 25.1 Å². The number of aromatic nitrogens is 5. The van der Waals surface area contributed by atoms with Crippen molar-refractivity contribution in [2.75, 3.05) is 5.32 Å². The number of anilines is 1. The third kappa shape index (κ3) is 3.96. The number of nitrogens with one attached hydrogen (secondary N) is 1. The maximum absolute atomic E-state index is 12.3. The van der Waals surface area contributed by atoms with Gasteiger partial charge in [-0.1, -0.05) is 28.0 Å². The normalized spacial score (nSPS) is 10.7. The second-order valence-electron chi connectivity index (χ2n) is 5.85. The van der Waals surface area contributed by atoms with Crippen LogP contribution in [0.15, 0.2) is 59.3 Å². The number of primary amides is 1. The van der Waals surface area contributed by atoms with Gasteiger partial charge in [-0.3, -0.25) is 9.59 Å². The third-order valence-corrected chi connectivity index (χ3v) is 4.08.